The van der Waals surface area contributed by atoms with Crippen molar-refractivity contribution in [3.8, 4) is 0 Å². The summed E-state index contributed by atoms with van der Waals surface area (Å²) in [4.78, 5) is 1.81. The summed E-state index contributed by atoms with van der Waals surface area (Å²) in [6.07, 6.45) is 0. The monoisotopic (exact) mass is 352 g/mol. The second-order valence-electron chi connectivity index (χ2n) is 5.04. The Morgan fingerprint density at radius 1 is 1.10 bits per heavy atom. The second kappa shape index (κ2) is 6.12. The van der Waals surface area contributed by atoms with Crippen LogP contribution in [0.5, 0.6) is 0 Å². The normalized spacial score (nSPS) is 18.8. The Morgan fingerprint density at radius 2 is 1.76 bits per heavy atom. The van der Waals surface area contributed by atoms with Crippen LogP contribution in [0, 0.1) is 11.6 Å². The van der Waals surface area contributed by atoms with Gasteiger partial charge >= 0.3 is 0 Å². The Morgan fingerprint density at radius 3 is 2.43 bits per heavy atom. The molecule has 1 N–H and O–H groups in total. The lowest BCUT2D eigenvalue weighted by Gasteiger charge is -2.38. The van der Waals surface area contributed by atoms with Gasteiger partial charge in [0.1, 0.15) is 5.69 Å². The van der Waals surface area contributed by atoms with Crippen molar-refractivity contribution in [1.29, 1.82) is 0 Å². The molecule has 0 amide bonds. The highest BCUT2D eigenvalue weighted by atomic mass is 79.9. The summed E-state index contributed by atoms with van der Waals surface area (Å²) >= 11 is 3.12. The lowest BCUT2D eigenvalue weighted by molar-refractivity contribution is 0.468. The number of piperazine rings is 1. The molecule has 5 heteroatoms. The van der Waals surface area contributed by atoms with Crippen LogP contribution in [0.3, 0.4) is 0 Å². The average Bonchev–Trinajstić information content (AvgIpc) is 2.48. The van der Waals surface area contributed by atoms with E-state index >= 15 is 0 Å². The SMILES string of the molecule is Fc1cc(Br)cc(F)c1N1CCNCC1c1ccccc1. The molecule has 3 rings (SSSR count). The molecule has 1 fully saturated rings. The molecule has 0 bridgehead atoms. The van der Waals surface area contributed by atoms with E-state index in [-0.39, 0.29) is 11.7 Å². The number of halogens is 3. The highest BCUT2D eigenvalue weighted by Gasteiger charge is 2.28. The fraction of sp³-hybridized carbons (Fsp3) is 0.250. The third kappa shape index (κ3) is 2.94. The zero-order chi connectivity index (χ0) is 14.8. The molecule has 2 aromatic carbocycles. The van der Waals surface area contributed by atoms with Crippen LogP contribution in [0.2, 0.25) is 0 Å². The summed E-state index contributed by atoms with van der Waals surface area (Å²) in [5.41, 5.74) is 1.10. The van der Waals surface area contributed by atoms with E-state index in [1.54, 1.807) is 0 Å². The van der Waals surface area contributed by atoms with E-state index in [2.05, 4.69) is 21.2 Å². The van der Waals surface area contributed by atoms with Crippen molar-refractivity contribution in [2.45, 2.75) is 6.04 Å². The van der Waals surface area contributed by atoms with Gasteiger partial charge in [-0.1, -0.05) is 46.3 Å². The van der Waals surface area contributed by atoms with Crippen LogP contribution < -0.4 is 10.2 Å². The van der Waals surface area contributed by atoms with Gasteiger partial charge in [-0.05, 0) is 17.7 Å². The van der Waals surface area contributed by atoms with Crippen LogP contribution in [0.4, 0.5) is 14.5 Å². The van der Waals surface area contributed by atoms with Gasteiger partial charge in [-0.3, -0.25) is 0 Å². The molecule has 0 saturated carbocycles. The van der Waals surface area contributed by atoms with Crippen molar-refractivity contribution >= 4 is 21.6 Å². The molecule has 1 unspecified atom stereocenters. The predicted molar refractivity (Wildman–Crippen MR) is 83.5 cm³/mol. The minimum absolute atomic E-state index is 0.0496. The van der Waals surface area contributed by atoms with E-state index in [0.29, 0.717) is 24.1 Å². The molecule has 1 heterocycles. The van der Waals surface area contributed by atoms with Crippen molar-refractivity contribution in [3.05, 3.63) is 64.1 Å². The highest BCUT2D eigenvalue weighted by Crippen LogP contribution is 2.34. The molecule has 0 spiro atoms. The van der Waals surface area contributed by atoms with Crippen LogP contribution in [0.1, 0.15) is 11.6 Å². The Balaban J connectivity index is 2.03. The zero-order valence-corrected chi connectivity index (χ0v) is 12.9. The van der Waals surface area contributed by atoms with Crippen molar-refractivity contribution in [1.82, 2.24) is 5.32 Å². The molecule has 0 aliphatic carbocycles. The molecule has 110 valence electrons. The molecule has 1 saturated heterocycles. The van der Waals surface area contributed by atoms with Crippen LogP contribution >= 0.6 is 15.9 Å². The highest BCUT2D eigenvalue weighted by molar-refractivity contribution is 9.10. The van der Waals surface area contributed by atoms with Crippen LogP contribution in [0.15, 0.2) is 46.9 Å². The molecule has 21 heavy (non-hydrogen) atoms. The fourth-order valence-corrected chi connectivity index (χ4v) is 3.16. The van der Waals surface area contributed by atoms with Gasteiger partial charge in [-0.2, -0.15) is 0 Å². The van der Waals surface area contributed by atoms with Crippen molar-refractivity contribution in [2.24, 2.45) is 0 Å². The maximum Gasteiger partial charge on any atom is 0.150 e. The summed E-state index contributed by atoms with van der Waals surface area (Å²) in [6, 6.07) is 12.3. The summed E-state index contributed by atoms with van der Waals surface area (Å²) < 4.78 is 28.9. The number of benzene rings is 2. The van der Waals surface area contributed by atoms with Crippen LogP contribution in [-0.2, 0) is 0 Å². The van der Waals surface area contributed by atoms with Gasteiger partial charge in [0.2, 0.25) is 0 Å². The van der Waals surface area contributed by atoms with Gasteiger partial charge in [0.25, 0.3) is 0 Å². The lowest BCUT2D eigenvalue weighted by atomic mass is 10.0. The number of rotatable bonds is 2. The van der Waals surface area contributed by atoms with Crippen molar-refractivity contribution in [2.75, 3.05) is 24.5 Å². The number of nitrogens with one attached hydrogen (secondary N) is 1. The Bertz CT molecular complexity index is 610. The first-order valence-electron chi connectivity index (χ1n) is 6.83. The summed E-state index contributed by atoms with van der Waals surface area (Å²) in [7, 11) is 0. The Kier molecular flexibility index (Phi) is 4.22. The van der Waals surface area contributed by atoms with E-state index in [9.17, 15) is 8.78 Å². The van der Waals surface area contributed by atoms with E-state index in [1.165, 1.54) is 12.1 Å². The molecular weight excluding hydrogens is 338 g/mol. The Hall–Kier alpha value is -1.46. The van der Waals surface area contributed by atoms with Gasteiger partial charge < -0.3 is 10.2 Å². The molecule has 1 atom stereocenters. The largest absolute Gasteiger partial charge is 0.357 e. The summed E-state index contributed by atoms with van der Waals surface area (Å²) in [6.45, 7) is 1.94. The lowest BCUT2D eigenvalue weighted by Crippen LogP contribution is -2.46. The smallest absolute Gasteiger partial charge is 0.150 e. The average molecular weight is 353 g/mol. The van der Waals surface area contributed by atoms with Crippen LogP contribution in [-0.4, -0.2) is 19.6 Å². The molecule has 2 nitrogen and oxygen atoms in total. The summed E-state index contributed by atoms with van der Waals surface area (Å²) in [5, 5.41) is 3.29. The molecule has 1 aliphatic heterocycles. The van der Waals surface area contributed by atoms with E-state index in [4.69, 9.17) is 0 Å². The van der Waals surface area contributed by atoms with Gasteiger partial charge in [0, 0.05) is 24.1 Å². The molecule has 1 aliphatic rings. The zero-order valence-electron chi connectivity index (χ0n) is 11.3. The third-order valence-electron chi connectivity index (χ3n) is 3.70. The standard InChI is InChI=1S/C16H15BrF2N2/c17-12-8-13(18)16(14(19)9-12)21-7-6-20-10-15(21)11-4-2-1-3-5-11/h1-5,8-9,15,20H,6-7,10H2. The molecular formula is C16H15BrF2N2. The second-order valence-corrected chi connectivity index (χ2v) is 5.96. The van der Waals surface area contributed by atoms with Crippen molar-refractivity contribution in [3.63, 3.8) is 0 Å². The van der Waals surface area contributed by atoms with E-state index in [1.807, 2.05) is 35.2 Å². The summed E-state index contributed by atoms with van der Waals surface area (Å²) in [5.74, 6) is -1.07. The van der Waals surface area contributed by atoms with Crippen LogP contribution in [0.25, 0.3) is 0 Å². The maximum absolute atomic E-state index is 14.3. The maximum atomic E-state index is 14.3. The van der Waals surface area contributed by atoms with Gasteiger partial charge in [0.05, 0.1) is 6.04 Å². The first-order valence-corrected chi connectivity index (χ1v) is 7.63. The van der Waals surface area contributed by atoms with Gasteiger partial charge in [-0.15, -0.1) is 0 Å². The quantitative estimate of drug-likeness (QED) is 0.882. The predicted octanol–water partition coefficient (Wildman–Crippen LogP) is 3.88. The molecule has 2 aromatic rings. The van der Waals surface area contributed by atoms with Gasteiger partial charge in [0.15, 0.2) is 11.6 Å². The van der Waals surface area contributed by atoms with E-state index in [0.717, 1.165) is 5.56 Å². The molecule has 0 radical (unpaired) electrons. The minimum Gasteiger partial charge on any atom is -0.357 e. The van der Waals surface area contributed by atoms with E-state index < -0.39 is 11.6 Å². The number of hydrogen-bond acceptors (Lipinski definition) is 2. The van der Waals surface area contributed by atoms with Gasteiger partial charge in [-0.25, -0.2) is 8.78 Å². The first-order chi connectivity index (χ1) is 10.2. The number of nitrogens with zero attached hydrogens (tertiary/aromatic N) is 1. The molecule has 0 aromatic heterocycles. The fourth-order valence-electron chi connectivity index (χ4n) is 2.75. The number of anilines is 1. The number of hydrogen-bond donors (Lipinski definition) is 1. The third-order valence-corrected chi connectivity index (χ3v) is 4.15. The Labute approximate surface area is 130 Å². The first kappa shape index (κ1) is 14.5. The van der Waals surface area contributed by atoms with Crippen molar-refractivity contribution < 1.29 is 8.78 Å². The minimum atomic E-state index is -0.537. The topological polar surface area (TPSA) is 15.3 Å².